The quantitative estimate of drug-likeness (QED) is 0.454. The molecule has 0 spiro atoms. The van der Waals surface area contributed by atoms with Crippen molar-refractivity contribution in [3.8, 4) is 0 Å². The average Bonchev–Trinajstić information content (AvgIpc) is 2.24. The molecule has 0 aliphatic rings. The van der Waals surface area contributed by atoms with Crippen molar-refractivity contribution in [2.75, 3.05) is 5.73 Å². The van der Waals surface area contributed by atoms with Crippen LogP contribution in [-0.4, -0.2) is 28.9 Å². The summed E-state index contributed by atoms with van der Waals surface area (Å²) in [5, 5.41) is 21.0. The Morgan fingerprint density at radius 1 is 1.42 bits per heavy atom. The number of amides is 1. The van der Waals surface area contributed by atoms with Crippen LogP contribution in [0, 0.1) is 0 Å². The van der Waals surface area contributed by atoms with Crippen molar-refractivity contribution in [1.82, 2.24) is 5.32 Å². The number of nitrogen functional groups attached to an aromatic ring is 1. The Bertz CT molecular complexity index is 458. The molecule has 0 atom stereocenters. The highest BCUT2D eigenvalue weighted by molar-refractivity contribution is 6.59. The van der Waals surface area contributed by atoms with Gasteiger partial charge in [-0.25, -0.2) is 4.79 Å². The van der Waals surface area contributed by atoms with Gasteiger partial charge in [0.1, 0.15) is 5.60 Å². The van der Waals surface area contributed by atoms with Crippen molar-refractivity contribution < 1.29 is 19.6 Å². The summed E-state index contributed by atoms with van der Waals surface area (Å²) in [4.78, 5) is 11.5. The van der Waals surface area contributed by atoms with Crippen LogP contribution < -0.4 is 16.5 Å². The van der Waals surface area contributed by atoms with E-state index in [0.717, 1.165) is 0 Å². The molecule has 0 aliphatic heterocycles. The van der Waals surface area contributed by atoms with Gasteiger partial charge in [-0.2, -0.15) is 0 Å². The van der Waals surface area contributed by atoms with Gasteiger partial charge >= 0.3 is 13.2 Å². The van der Waals surface area contributed by atoms with Crippen LogP contribution in [0.15, 0.2) is 18.2 Å². The van der Waals surface area contributed by atoms with Crippen molar-refractivity contribution in [3.63, 3.8) is 0 Å². The van der Waals surface area contributed by atoms with Crippen LogP contribution in [0.2, 0.25) is 0 Å². The Labute approximate surface area is 112 Å². The highest BCUT2D eigenvalue weighted by Gasteiger charge is 2.19. The first-order valence-corrected chi connectivity index (χ1v) is 5.90. The number of ether oxygens (including phenoxy) is 1. The lowest BCUT2D eigenvalue weighted by Gasteiger charge is -2.20. The fourth-order valence-corrected chi connectivity index (χ4v) is 1.50. The molecule has 0 aromatic heterocycles. The average molecular weight is 266 g/mol. The van der Waals surface area contributed by atoms with Gasteiger partial charge in [0.2, 0.25) is 0 Å². The monoisotopic (exact) mass is 266 g/mol. The van der Waals surface area contributed by atoms with E-state index in [2.05, 4.69) is 5.32 Å². The maximum Gasteiger partial charge on any atom is 0.488 e. The zero-order valence-corrected chi connectivity index (χ0v) is 11.3. The third-order valence-electron chi connectivity index (χ3n) is 2.27. The highest BCUT2D eigenvalue weighted by Crippen LogP contribution is 2.08. The van der Waals surface area contributed by atoms with Gasteiger partial charge < -0.3 is 25.8 Å². The SMILES string of the molecule is CC(C)(C)OC(=O)NCc1ccc(N)cc1B(O)O. The van der Waals surface area contributed by atoms with E-state index in [1.54, 1.807) is 32.9 Å². The van der Waals surface area contributed by atoms with Crippen LogP contribution in [0.3, 0.4) is 0 Å². The van der Waals surface area contributed by atoms with E-state index >= 15 is 0 Å². The lowest BCUT2D eigenvalue weighted by molar-refractivity contribution is 0.0523. The van der Waals surface area contributed by atoms with E-state index in [-0.39, 0.29) is 12.0 Å². The predicted molar refractivity (Wildman–Crippen MR) is 73.8 cm³/mol. The molecule has 0 bridgehead atoms. The van der Waals surface area contributed by atoms with E-state index in [9.17, 15) is 14.8 Å². The van der Waals surface area contributed by atoms with E-state index in [4.69, 9.17) is 10.5 Å². The highest BCUT2D eigenvalue weighted by atomic mass is 16.6. The number of nitrogens with two attached hydrogens (primary N) is 1. The summed E-state index contributed by atoms with van der Waals surface area (Å²) in [5.74, 6) is 0. The number of carbonyl (C=O) groups is 1. The van der Waals surface area contributed by atoms with Crippen LogP contribution >= 0.6 is 0 Å². The summed E-state index contributed by atoms with van der Waals surface area (Å²) < 4.78 is 5.08. The van der Waals surface area contributed by atoms with Crippen molar-refractivity contribution >= 4 is 24.4 Å². The van der Waals surface area contributed by atoms with E-state index in [1.165, 1.54) is 6.07 Å². The maximum absolute atomic E-state index is 11.5. The fourth-order valence-electron chi connectivity index (χ4n) is 1.50. The molecule has 0 radical (unpaired) electrons. The summed E-state index contributed by atoms with van der Waals surface area (Å²) in [6.07, 6.45) is -0.567. The van der Waals surface area contributed by atoms with Gasteiger partial charge in [-0.05, 0) is 43.9 Å². The number of benzene rings is 1. The number of carbonyl (C=O) groups excluding carboxylic acids is 1. The molecule has 1 aromatic rings. The first kappa shape index (κ1) is 15.3. The lowest BCUT2D eigenvalue weighted by Crippen LogP contribution is -2.37. The molecule has 0 saturated heterocycles. The molecule has 104 valence electrons. The second kappa shape index (κ2) is 5.94. The Balaban J connectivity index is 2.70. The minimum Gasteiger partial charge on any atom is -0.444 e. The van der Waals surface area contributed by atoms with Gasteiger partial charge in [-0.3, -0.25) is 0 Å². The molecule has 1 rings (SSSR count). The maximum atomic E-state index is 11.5. The first-order chi connectivity index (χ1) is 8.69. The number of nitrogens with one attached hydrogen (secondary N) is 1. The van der Waals surface area contributed by atoms with E-state index in [0.29, 0.717) is 11.3 Å². The van der Waals surface area contributed by atoms with Gasteiger partial charge in [-0.1, -0.05) is 6.07 Å². The number of hydrogen-bond acceptors (Lipinski definition) is 5. The zero-order chi connectivity index (χ0) is 14.6. The number of hydrogen-bond donors (Lipinski definition) is 4. The zero-order valence-electron chi connectivity index (χ0n) is 11.3. The molecule has 0 heterocycles. The van der Waals surface area contributed by atoms with Crippen LogP contribution in [-0.2, 0) is 11.3 Å². The van der Waals surface area contributed by atoms with Gasteiger partial charge in [0.15, 0.2) is 0 Å². The molecule has 1 aromatic carbocycles. The number of anilines is 1. The first-order valence-electron chi connectivity index (χ1n) is 5.90. The minimum atomic E-state index is -1.64. The Kier molecular flexibility index (Phi) is 4.80. The summed E-state index contributed by atoms with van der Waals surface area (Å²) in [6, 6.07) is 4.70. The van der Waals surface area contributed by atoms with Crippen LogP contribution in [0.5, 0.6) is 0 Å². The molecule has 7 heteroatoms. The van der Waals surface area contributed by atoms with E-state index < -0.39 is 18.8 Å². The van der Waals surface area contributed by atoms with Gasteiger partial charge in [-0.15, -0.1) is 0 Å². The lowest BCUT2D eigenvalue weighted by atomic mass is 9.76. The number of alkyl carbamates (subject to hydrolysis) is 1. The van der Waals surface area contributed by atoms with Crippen molar-refractivity contribution in [3.05, 3.63) is 23.8 Å². The molecule has 0 saturated carbocycles. The molecule has 5 N–H and O–H groups in total. The topological polar surface area (TPSA) is 105 Å². The second-order valence-corrected chi connectivity index (χ2v) is 5.19. The van der Waals surface area contributed by atoms with Crippen LogP contribution in [0.1, 0.15) is 26.3 Å². The summed E-state index contributed by atoms with van der Waals surface area (Å²) in [6.45, 7) is 5.41. The predicted octanol–water partition coefficient (Wildman–Crippen LogP) is -0.0267. The number of rotatable bonds is 3. The molecule has 0 unspecified atom stereocenters. The summed E-state index contributed by atoms with van der Waals surface area (Å²) in [5.41, 5.74) is 6.24. The molecule has 19 heavy (non-hydrogen) atoms. The van der Waals surface area contributed by atoms with Crippen LogP contribution in [0.25, 0.3) is 0 Å². The van der Waals surface area contributed by atoms with Crippen LogP contribution in [0.4, 0.5) is 10.5 Å². The Morgan fingerprint density at radius 2 is 2.05 bits per heavy atom. The molecule has 0 fully saturated rings. The standard InChI is InChI=1S/C12H19BN2O4/c1-12(2,3)19-11(16)15-7-8-4-5-9(14)6-10(8)13(17)18/h4-6,17-18H,7,14H2,1-3H3,(H,15,16). The molecule has 1 amide bonds. The molecular formula is C12H19BN2O4. The smallest absolute Gasteiger partial charge is 0.444 e. The Morgan fingerprint density at radius 3 is 2.58 bits per heavy atom. The van der Waals surface area contributed by atoms with Crippen molar-refractivity contribution in [2.45, 2.75) is 32.9 Å². The minimum absolute atomic E-state index is 0.127. The largest absolute Gasteiger partial charge is 0.488 e. The van der Waals surface area contributed by atoms with Crippen molar-refractivity contribution in [1.29, 1.82) is 0 Å². The van der Waals surface area contributed by atoms with Gasteiger partial charge in [0, 0.05) is 12.2 Å². The molecular weight excluding hydrogens is 247 g/mol. The third kappa shape index (κ3) is 5.19. The Hall–Kier alpha value is -1.73. The van der Waals surface area contributed by atoms with Crippen molar-refractivity contribution in [2.24, 2.45) is 0 Å². The van der Waals surface area contributed by atoms with Gasteiger partial charge in [0.25, 0.3) is 0 Å². The normalized spacial score (nSPS) is 11.0. The second-order valence-electron chi connectivity index (χ2n) is 5.19. The summed E-state index contributed by atoms with van der Waals surface area (Å²) in [7, 11) is -1.64. The van der Waals surface area contributed by atoms with E-state index in [1.807, 2.05) is 0 Å². The third-order valence-corrected chi connectivity index (χ3v) is 2.27. The molecule has 0 aliphatic carbocycles. The fraction of sp³-hybridized carbons (Fsp3) is 0.417. The summed E-state index contributed by atoms with van der Waals surface area (Å²) >= 11 is 0. The molecule has 6 nitrogen and oxygen atoms in total. The van der Waals surface area contributed by atoms with Gasteiger partial charge in [0.05, 0.1) is 0 Å².